The number of halogens is 2. The van der Waals surface area contributed by atoms with E-state index in [1.807, 2.05) is 58.6 Å². The van der Waals surface area contributed by atoms with Gasteiger partial charge in [-0.3, -0.25) is 5.43 Å². The molecule has 0 saturated carbocycles. The van der Waals surface area contributed by atoms with Crippen LogP contribution >= 0.6 is 39.3 Å². The number of rotatable bonds is 2. The molecule has 23 heavy (non-hydrogen) atoms. The summed E-state index contributed by atoms with van der Waals surface area (Å²) in [6, 6.07) is 15.7. The topological polar surface area (TPSA) is 42.7 Å². The van der Waals surface area contributed by atoms with E-state index in [1.54, 1.807) is 0 Å². The van der Waals surface area contributed by atoms with Crippen molar-refractivity contribution >= 4 is 45.0 Å². The lowest BCUT2D eigenvalue weighted by atomic mass is 10.2. The number of benzene rings is 2. The van der Waals surface area contributed by atoms with Crippen molar-refractivity contribution in [3.8, 4) is 11.4 Å². The lowest BCUT2D eigenvalue weighted by Gasteiger charge is -2.19. The van der Waals surface area contributed by atoms with Crippen molar-refractivity contribution in [1.29, 1.82) is 0 Å². The van der Waals surface area contributed by atoms with Crippen molar-refractivity contribution in [2.45, 2.75) is 5.16 Å². The van der Waals surface area contributed by atoms with E-state index in [-0.39, 0.29) is 0 Å². The van der Waals surface area contributed by atoms with Crippen LogP contribution in [-0.2, 0) is 0 Å². The quantitative estimate of drug-likeness (QED) is 0.651. The normalized spacial score (nSPS) is 13.2. The van der Waals surface area contributed by atoms with Crippen LogP contribution in [0.25, 0.3) is 17.1 Å². The summed E-state index contributed by atoms with van der Waals surface area (Å²) >= 11 is 11.0. The van der Waals surface area contributed by atoms with Gasteiger partial charge in [0.1, 0.15) is 0 Å². The fourth-order valence-electron chi connectivity index (χ4n) is 2.28. The molecule has 1 aromatic heterocycles. The zero-order valence-electron chi connectivity index (χ0n) is 11.7. The molecule has 0 atom stereocenters. The number of hydrogen-bond acceptors (Lipinski definition) is 4. The zero-order valence-corrected chi connectivity index (χ0v) is 14.9. The Balaban J connectivity index is 1.71. The summed E-state index contributed by atoms with van der Waals surface area (Å²) in [7, 11) is 0. The molecule has 0 aliphatic carbocycles. The Hall–Kier alpha value is -1.76. The highest BCUT2D eigenvalue weighted by atomic mass is 79.9. The minimum Gasteiger partial charge on any atom is -0.289 e. The first-order valence-electron chi connectivity index (χ1n) is 6.82. The fraction of sp³-hybridized carbons (Fsp3) is 0. The van der Waals surface area contributed by atoms with Gasteiger partial charge >= 0.3 is 0 Å². The Morgan fingerprint density at radius 2 is 1.87 bits per heavy atom. The van der Waals surface area contributed by atoms with Gasteiger partial charge in [0, 0.05) is 26.0 Å². The van der Waals surface area contributed by atoms with Crippen LogP contribution in [0.1, 0.15) is 5.56 Å². The summed E-state index contributed by atoms with van der Waals surface area (Å²) < 4.78 is 2.90. The van der Waals surface area contributed by atoms with Crippen LogP contribution in [0.2, 0.25) is 5.02 Å². The first kappa shape index (κ1) is 14.8. The predicted octanol–water partition coefficient (Wildman–Crippen LogP) is 5.01. The van der Waals surface area contributed by atoms with Crippen LogP contribution in [0.4, 0.5) is 0 Å². The molecule has 0 amide bonds. The second-order valence-electron chi connectivity index (χ2n) is 4.92. The predicted molar refractivity (Wildman–Crippen MR) is 97.8 cm³/mol. The molecule has 3 aromatic rings. The average molecular weight is 406 g/mol. The number of hydrogen-bond donors (Lipinski definition) is 1. The van der Waals surface area contributed by atoms with E-state index in [0.717, 1.165) is 37.3 Å². The second kappa shape index (κ2) is 6.03. The molecular formula is C16H10BrClN4S. The van der Waals surface area contributed by atoms with Crippen molar-refractivity contribution in [3.63, 3.8) is 0 Å². The van der Waals surface area contributed by atoms with E-state index in [1.165, 1.54) is 11.8 Å². The molecule has 1 N–H and O–H groups in total. The lowest BCUT2D eigenvalue weighted by molar-refractivity contribution is 0.826. The van der Waals surface area contributed by atoms with E-state index in [4.69, 9.17) is 11.6 Å². The highest BCUT2D eigenvalue weighted by Gasteiger charge is 2.19. The van der Waals surface area contributed by atoms with Crippen LogP contribution < -0.4 is 5.43 Å². The van der Waals surface area contributed by atoms with Gasteiger partial charge in [0.05, 0.1) is 5.70 Å². The van der Waals surface area contributed by atoms with Gasteiger partial charge in [0.25, 0.3) is 0 Å². The van der Waals surface area contributed by atoms with Gasteiger partial charge in [-0.25, -0.2) is 4.68 Å². The summed E-state index contributed by atoms with van der Waals surface area (Å²) in [5.41, 5.74) is 6.40. The smallest absolute Gasteiger partial charge is 0.214 e. The molecule has 0 saturated heterocycles. The number of aromatic nitrogens is 3. The monoisotopic (exact) mass is 404 g/mol. The Bertz CT molecular complexity index is 905. The summed E-state index contributed by atoms with van der Waals surface area (Å²) in [6.07, 6.45) is 0. The van der Waals surface area contributed by atoms with Gasteiger partial charge in [-0.1, -0.05) is 63.6 Å². The van der Waals surface area contributed by atoms with Gasteiger partial charge in [0.15, 0.2) is 5.82 Å². The van der Waals surface area contributed by atoms with E-state index in [0.29, 0.717) is 0 Å². The first-order chi connectivity index (χ1) is 11.2. The molecule has 7 heteroatoms. The standard InChI is InChI=1S/C16H10BrClN4S/c17-12-3-1-2-11(8-12)15-19-20-16-22(15)21-14(9-23-16)10-4-6-13(18)7-5-10/h1-9,21H. The SMILES string of the molecule is Clc1ccc(C2=CSc3nnc(-c4cccc(Br)c4)n3N2)cc1. The van der Waals surface area contributed by atoms with Crippen LogP contribution in [-0.4, -0.2) is 14.9 Å². The highest BCUT2D eigenvalue weighted by molar-refractivity contribution is 9.10. The molecule has 1 aliphatic heterocycles. The van der Waals surface area contributed by atoms with Crippen molar-refractivity contribution in [2.75, 3.05) is 5.43 Å². The van der Waals surface area contributed by atoms with E-state index in [2.05, 4.69) is 31.6 Å². The second-order valence-corrected chi connectivity index (χ2v) is 7.11. The van der Waals surface area contributed by atoms with Crippen molar-refractivity contribution in [2.24, 2.45) is 0 Å². The summed E-state index contributed by atoms with van der Waals surface area (Å²) in [5.74, 6) is 0.772. The molecule has 0 spiro atoms. The van der Waals surface area contributed by atoms with Gasteiger partial charge in [-0.2, -0.15) is 0 Å². The Kier molecular flexibility index (Phi) is 3.88. The molecule has 1 aliphatic rings. The lowest BCUT2D eigenvalue weighted by Crippen LogP contribution is -2.18. The zero-order chi connectivity index (χ0) is 15.8. The molecule has 4 nitrogen and oxygen atoms in total. The minimum absolute atomic E-state index is 0.720. The Labute approximate surface area is 150 Å². The van der Waals surface area contributed by atoms with E-state index in [9.17, 15) is 0 Å². The largest absolute Gasteiger partial charge is 0.289 e. The maximum atomic E-state index is 5.96. The number of nitrogens with one attached hydrogen (secondary N) is 1. The van der Waals surface area contributed by atoms with Gasteiger partial charge in [-0.05, 0) is 24.3 Å². The summed E-state index contributed by atoms with van der Waals surface area (Å²) in [4.78, 5) is 0. The molecule has 0 unspecified atom stereocenters. The number of thioether (sulfide) groups is 1. The summed E-state index contributed by atoms with van der Waals surface area (Å²) in [5, 5.41) is 12.1. The van der Waals surface area contributed by atoms with Crippen molar-refractivity contribution in [1.82, 2.24) is 14.9 Å². The van der Waals surface area contributed by atoms with Gasteiger partial charge in [-0.15, -0.1) is 10.2 Å². The minimum atomic E-state index is 0.720. The Morgan fingerprint density at radius 3 is 2.65 bits per heavy atom. The number of fused-ring (bicyclic) bond motifs is 1. The maximum Gasteiger partial charge on any atom is 0.214 e. The molecule has 0 radical (unpaired) electrons. The third-order valence-corrected chi connectivity index (χ3v) is 4.96. The third kappa shape index (κ3) is 2.89. The van der Waals surface area contributed by atoms with Crippen LogP contribution in [0.3, 0.4) is 0 Å². The average Bonchev–Trinajstić information content (AvgIpc) is 2.98. The molecule has 4 rings (SSSR count). The number of nitrogens with zero attached hydrogens (tertiary/aromatic N) is 3. The van der Waals surface area contributed by atoms with Gasteiger partial charge in [0.2, 0.25) is 5.16 Å². The molecule has 2 heterocycles. The van der Waals surface area contributed by atoms with E-state index < -0.39 is 0 Å². The summed E-state index contributed by atoms with van der Waals surface area (Å²) in [6.45, 7) is 0. The van der Waals surface area contributed by atoms with Crippen molar-refractivity contribution < 1.29 is 0 Å². The third-order valence-electron chi connectivity index (χ3n) is 3.39. The Morgan fingerprint density at radius 1 is 1.04 bits per heavy atom. The maximum absolute atomic E-state index is 5.96. The van der Waals surface area contributed by atoms with Crippen LogP contribution in [0.15, 0.2) is 63.6 Å². The molecule has 2 aromatic carbocycles. The fourth-order valence-corrected chi connectivity index (χ4v) is 3.54. The molecule has 0 bridgehead atoms. The molecule has 0 fully saturated rings. The molecule has 114 valence electrons. The van der Waals surface area contributed by atoms with Gasteiger partial charge < -0.3 is 0 Å². The van der Waals surface area contributed by atoms with Crippen molar-refractivity contribution in [3.05, 3.63) is 69.0 Å². The first-order valence-corrected chi connectivity index (χ1v) is 8.87. The van der Waals surface area contributed by atoms with E-state index >= 15 is 0 Å². The molecular weight excluding hydrogens is 396 g/mol. The van der Waals surface area contributed by atoms with Crippen LogP contribution in [0.5, 0.6) is 0 Å². The highest BCUT2D eigenvalue weighted by Crippen LogP contribution is 2.32. The van der Waals surface area contributed by atoms with Crippen LogP contribution in [0, 0.1) is 0 Å².